The van der Waals surface area contributed by atoms with Crippen LogP contribution in [0.3, 0.4) is 0 Å². The summed E-state index contributed by atoms with van der Waals surface area (Å²) in [7, 11) is -4.22. The molecule has 1 aliphatic heterocycles. The fraction of sp³-hybridized carbons (Fsp3) is 0.118. The van der Waals surface area contributed by atoms with Gasteiger partial charge in [0.05, 0.1) is 16.1 Å². The zero-order valence-electron chi connectivity index (χ0n) is 13.6. The number of carbonyl (C=O) groups is 1. The number of primary sulfonamides is 1. The molecule has 1 aliphatic rings. The first-order valence-electron chi connectivity index (χ1n) is 7.53. The van der Waals surface area contributed by atoms with Crippen LogP contribution in [0.1, 0.15) is 16.7 Å². The lowest BCUT2D eigenvalue weighted by Crippen LogP contribution is -2.25. The number of sulfonamides is 1. The summed E-state index contributed by atoms with van der Waals surface area (Å²) in [6.45, 7) is -0.107. The molecule has 2 aromatic carbocycles. The van der Waals surface area contributed by atoms with Crippen molar-refractivity contribution in [3.8, 4) is 5.75 Å². The minimum Gasteiger partial charge on any atom is -0.482 e. The van der Waals surface area contributed by atoms with E-state index in [2.05, 4.69) is 5.32 Å². The van der Waals surface area contributed by atoms with Crippen molar-refractivity contribution in [2.75, 3.05) is 11.9 Å². The van der Waals surface area contributed by atoms with Gasteiger partial charge in [-0.3, -0.25) is 4.79 Å². The molecule has 27 heavy (non-hydrogen) atoms. The largest absolute Gasteiger partial charge is 0.482 e. The van der Waals surface area contributed by atoms with Crippen molar-refractivity contribution in [2.24, 2.45) is 5.14 Å². The number of halogens is 3. The van der Waals surface area contributed by atoms with Crippen molar-refractivity contribution in [1.29, 1.82) is 0 Å². The second-order valence-electron chi connectivity index (χ2n) is 5.72. The average molecular weight is 398 g/mol. The summed E-state index contributed by atoms with van der Waals surface area (Å²) in [5.74, 6) is 0.120. The van der Waals surface area contributed by atoms with E-state index >= 15 is 0 Å². The molecule has 0 atom stereocenters. The Morgan fingerprint density at radius 2 is 1.85 bits per heavy atom. The highest BCUT2D eigenvalue weighted by Crippen LogP contribution is 2.33. The number of nitrogens with two attached hydrogens (primary N) is 1. The first-order valence-corrected chi connectivity index (χ1v) is 9.07. The quantitative estimate of drug-likeness (QED) is 0.777. The standard InChI is InChI=1S/C17H13F3N2O4S/c18-17(19,20)12-4-6-15(27(21,24)25)11(8-12)3-1-10-2-5-14-13(7-10)22-16(23)9-26-14/h1-8H,9H2,(H,22,23)(H2,21,24,25). The molecule has 2 aromatic rings. The second kappa shape index (κ2) is 6.71. The Morgan fingerprint density at radius 3 is 2.52 bits per heavy atom. The summed E-state index contributed by atoms with van der Waals surface area (Å²) in [6.07, 6.45) is -2.01. The van der Waals surface area contributed by atoms with Crippen molar-refractivity contribution in [3.63, 3.8) is 0 Å². The summed E-state index contributed by atoms with van der Waals surface area (Å²) < 4.78 is 67.3. The highest BCUT2D eigenvalue weighted by molar-refractivity contribution is 7.89. The fourth-order valence-corrected chi connectivity index (χ4v) is 3.22. The molecule has 0 aliphatic carbocycles. The molecule has 0 spiro atoms. The van der Waals surface area contributed by atoms with Crippen LogP contribution in [0.2, 0.25) is 0 Å². The number of hydrogen-bond donors (Lipinski definition) is 2. The monoisotopic (exact) mass is 398 g/mol. The molecule has 3 rings (SSSR count). The van der Waals surface area contributed by atoms with Gasteiger partial charge < -0.3 is 10.1 Å². The number of amides is 1. The molecule has 0 aromatic heterocycles. The van der Waals surface area contributed by atoms with Gasteiger partial charge in [0.25, 0.3) is 5.91 Å². The number of rotatable bonds is 3. The molecule has 3 N–H and O–H groups in total. The van der Waals surface area contributed by atoms with Crippen LogP contribution in [-0.4, -0.2) is 20.9 Å². The van der Waals surface area contributed by atoms with Crippen LogP contribution in [0.15, 0.2) is 41.3 Å². The zero-order chi connectivity index (χ0) is 19.8. The van der Waals surface area contributed by atoms with E-state index in [1.165, 1.54) is 12.2 Å². The Labute approximate surface area is 152 Å². The third-order valence-corrected chi connectivity index (χ3v) is 4.72. The maximum Gasteiger partial charge on any atom is 0.416 e. The van der Waals surface area contributed by atoms with Gasteiger partial charge in [0.1, 0.15) is 5.75 Å². The summed E-state index contributed by atoms with van der Waals surface area (Å²) >= 11 is 0. The number of nitrogens with one attached hydrogen (secondary N) is 1. The second-order valence-corrected chi connectivity index (χ2v) is 7.25. The van der Waals surface area contributed by atoms with Crippen LogP contribution < -0.4 is 15.2 Å². The summed E-state index contributed by atoms with van der Waals surface area (Å²) in [4.78, 5) is 10.9. The van der Waals surface area contributed by atoms with E-state index in [-0.39, 0.29) is 18.1 Å². The average Bonchev–Trinajstić information content (AvgIpc) is 2.57. The van der Waals surface area contributed by atoms with E-state index in [1.54, 1.807) is 18.2 Å². The number of carbonyl (C=O) groups excluding carboxylic acids is 1. The van der Waals surface area contributed by atoms with E-state index in [0.29, 0.717) is 29.1 Å². The third kappa shape index (κ3) is 4.29. The molecule has 0 fully saturated rings. The van der Waals surface area contributed by atoms with Crippen LogP contribution in [-0.2, 0) is 21.0 Å². The predicted molar refractivity (Wildman–Crippen MR) is 92.3 cm³/mol. The van der Waals surface area contributed by atoms with Crippen LogP contribution in [0.25, 0.3) is 12.2 Å². The maximum absolute atomic E-state index is 12.9. The van der Waals surface area contributed by atoms with Crippen LogP contribution in [0.4, 0.5) is 18.9 Å². The van der Waals surface area contributed by atoms with Gasteiger partial charge in [-0.2, -0.15) is 13.2 Å². The van der Waals surface area contributed by atoms with E-state index in [0.717, 1.165) is 6.07 Å². The Bertz CT molecular complexity index is 1050. The third-order valence-electron chi connectivity index (χ3n) is 3.74. The molecule has 1 heterocycles. The van der Waals surface area contributed by atoms with Gasteiger partial charge in [0, 0.05) is 0 Å². The fourth-order valence-electron chi connectivity index (χ4n) is 2.50. The van der Waals surface area contributed by atoms with E-state index in [1.807, 2.05) is 0 Å². The van der Waals surface area contributed by atoms with E-state index in [9.17, 15) is 26.4 Å². The molecule has 0 saturated carbocycles. The Hall–Kier alpha value is -2.85. The predicted octanol–water partition coefficient (Wildman–Crippen LogP) is 2.85. The van der Waals surface area contributed by atoms with Gasteiger partial charge in [-0.15, -0.1) is 0 Å². The van der Waals surface area contributed by atoms with Gasteiger partial charge in [0.15, 0.2) is 6.61 Å². The summed E-state index contributed by atoms with van der Waals surface area (Å²) in [5, 5.41) is 7.69. The Morgan fingerprint density at radius 1 is 1.11 bits per heavy atom. The molecule has 0 saturated heterocycles. The zero-order valence-corrected chi connectivity index (χ0v) is 14.4. The normalized spacial score (nSPS) is 14.6. The Kier molecular flexibility index (Phi) is 4.70. The number of fused-ring (bicyclic) bond motifs is 1. The molecule has 0 bridgehead atoms. The van der Waals surface area contributed by atoms with Crippen LogP contribution >= 0.6 is 0 Å². The lowest BCUT2D eigenvalue weighted by Gasteiger charge is -2.17. The van der Waals surface area contributed by atoms with Gasteiger partial charge >= 0.3 is 6.18 Å². The van der Waals surface area contributed by atoms with Crippen molar-refractivity contribution in [2.45, 2.75) is 11.1 Å². The molecule has 0 unspecified atom stereocenters. The first-order chi connectivity index (χ1) is 12.5. The summed E-state index contributed by atoms with van der Waals surface area (Å²) in [6, 6.07) is 6.92. The molecular formula is C17H13F3N2O4S. The number of ether oxygens (including phenoxy) is 1. The molecule has 6 nitrogen and oxygen atoms in total. The minimum atomic E-state index is -4.63. The number of anilines is 1. The number of hydrogen-bond acceptors (Lipinski definition) is 4. The highest BCUT2D eigenvalue weighted by atomic mass is 32.2. The van der Waals surface area contributed by atoms with Crippen molar-refractivity contribution < 1.29 is 31.1 Å². The molecule has 142 valence electrons. The van der Waals surface area contributed by atoms with Crippen molar-refractivity contribution >= 4 is 33.8 Å². The Balaban J connectivity index is 2.01. The van der Waals surface area contributed by atoms with Gasteiger partial charge in [-0.25, -0.2) is 13.6 Å². The molecule has 1 amide bonds. The van der Waals surface area contributed by atoms with Gasteiger partial charge in [0.2, 0.25) is 10.0 Å². The topological polar surface area (TPSA) is 98.5 Å². The molecule has 10 heteroatoms. The van der Waals surface area contributed by atoms with Crippen molar-refractivity contribution in [3.05, 3.63) is 53.1 Å². The minimum absolute atomic E-state index is 0.107. The lowest BCUT2D eigenvalue weighted by atomic mass is 10.1. The SMILES string of the molecule is NS(=O)(=O)c1ccc(C(F)(F)F)cc1C=Cc1ccc2c(c1)NC(=O)CO2. The van der Waals surface area contributed by atoms with Gasteiger partial charge in [-0.1, -0.05) is 18.2 Å². The summed E-state index contributed by atoms with van der Waals surface area (Å²) in [5.41, 5.74) is -0.285. The number of alkyl halides is 3. The van der Waals surface area contributed by atoms with Crippen LogP contribution in [0, 0.1) is 0 Å². The maximum atomic E-state index is 12.9. The smallest absolute Gasteiger partial charge is 0.416 e. The highest BCUT2D eigenvalue weighted by Gasteiger charge is 2.31. The van der Waals surface area contributed by atoms with E-state index < -0.39 is 26.7 Å². The molecule has 0 radical (unpaired) electrons. The lowest BCUT2D eigenvalue weighted by molar-refractivity contribution is -0.137. The first kappa shape index (κ1) is 18.9. The van der Waals surface area contributed by atoms with Crippen molar-refractivity contribution in [1.82, 2.24) is 0 Å². The van der Waals surface area contributed by atoms with E-state index in [4.69, 9.17) is 9.88 Å². The van der Waals surface area contributed by atoms with Crippen LogP contribution in [0.5, 0.6) is 5.75 Å². The number of benzene rings is 2. The van der Waals surface area contributed by atoms with Gasteiger partial charge in [-0.05, 0) is 41.5 Å². The molecular weight excluding hydrogens is 385 g/mol.